The van der Waals surface area contributed by atoms with Gasteiger partial charge in [-0.1, -0.05) is 0 Å². The van der Waals surface area contributed by atoms with E-state index in [9.17, 15) is 18.0 Å². The van der Waals surface area contributed by atoms with Gasteiger partial charge in [0.25, 0.3) is 0 Å². The van der Waals surface area contributed by atoms with Crippen LogP contribution in [0.2, 0.25) is 0 Å². The van der Waals surface area contributed by atoms with Crippen LogP contribution in [0.3, 0.4) is 0 Å². The highest BCUT2D eigenvalue weighted by Crippen LogP contribution is 2.31. The van der Waals surface area contributed by atoms with Crippen LogP contribution in [-0.2, 0) is 10.9 Å². The van der Waals surface area contributed by atoms with Gasteiger partial charge in [0.2, 0.25) is 0 Å². The molecule has 0 amide bonds. The highest BCUT2D eigenvalue weighted by molar-refractivity contribution is 5.95. The molecule has 1 aromatic rings. The number of esters is 1. The van der Waals surface area contributed by atoms with Crippen LogP contribution in [0.25, 0.3) is 0 Å². The summed E-state index contributed by atoms with van der Waals surface area (Å²) in [6.07, 6.45) is -4.83. The zero-order valence-corrected chi connectivity index (χ0v) is 9.34. The highest BCUT2D eigenvalue weighted by Gasteiger charge is 2.31. The van der Waals surface area contributed by atoms with Crippen molar-refractivity contribution in [3.05, 3.63) is 29.3 Å². The number of carbonyl (C=O) groups is 1. The van der Waals surface area contributed by atoms with Gasteiger partial charge in [0.15, 0.2) is 0 Å². The van der Waals surface area contributed by atoms with E-state index in [1.807, 2.05) is 0 Å². The van der Waals surface area contributed by atoms with Gasteiger partial charge < -0.3 is 10.5 Å². The molecule has 0 radical (unpaired) electrons. The zero-order chi connectivity index (χ0) is 13.2. The number of nitrogen functional groups attached to an aromatic ring is 1. The summed E-state index contributed by atoms with van der Waals surface area (Å²) in [6.45, 7) is 3.27. The smallest absolute Gasteiger partial charge is 0.416 e. The van der Waals surface area contributed by atoms with Crippen molar-refractivity contribution in [2.75, 3.05) is 5.73 Å². The van der Waals surface area contributed by atoms with Crippen LogP contribution in [0.4, 0.5) is 18.9 Å². The Morgan fingerprint density at radius 3 is 2.35 bits per heavy atom. The lowest BCUT2D eigenvalue weighted by molar-refractivity contribution is -0.137. The minimum absolute atomic E-state index is 0.0632. The molecule has 6 heteroatoms. The average molecular weight is 247 g/mol. The molecule has 0 aliphatic rings. The average Bonchev–Trinajstić information content (AvgIpc) is 2.14. The van der Waals surface area contributed by atoms with Crippen LogP contribution in [0.5, 0.6) is 0 Å². The topological polar surface area (TPSA) is 52.3 Å². The first-order chi connectivity index (χ1) is 7.71. The summed E-state index contributed by atoms with van der Waals surface area (Å²) in [6, 6.07) is 2.53. The second-order valence-corrected chi connectivity index (χ2v) is 3.75. The molecule has 17 heavy (non-hydrogen) atoms. The number of alkyl halides is 3. The number of nitrogens with two attached hydrogens (primary N) is 1. The summed E-state index contributed by atoms with van der Waals surface area (Å²) in [5.41, 5.74) is 4.19. The Balaban J connectivity index is 3.02. The summed E-state index contributed by atoms with van der Waals surface area (Å²) in [5, 5.41) is 0. The molecule has 0 saturated carbocycles. The van der Waals surface area contributed by atoms with Crippen LogP contribution in [0, 0.1) is 0 Å². The molecular weight excluding hydrogens is 235 g/mol. The van der Waals surface area contributed by atoms with Gasteiger partial charge in [-0.25, -0.2) is 4.79 Å². The molecular formula is C11H12F3NO2. The van der Waals surface area contributed by atoms with E-state index < -0.39 is 17.7 Å². The summed E-state index contributed by atoms with van der Waals surface area (Å²) in [7, 11) is 0. The molecule has 2 N–H and O–H groups in total. The number of benzene rings is 1. The second-order valence-electron chi connectivity index (χ2n) is 3.75. The summed E-state index contributed by atoms with van der Waals surface area (Å²) in [5.74, 6) is -0.730. The van der Waals surface area contributed by atoms with Crippen LogP contribution in [-0.4, -0.2) is 12.1 Å². The van der Waals surface area contributed by atoms with E-state index in [0.29, 0.717) is 0 Å². The molecule has 0 aromatic heterocycles. The molecule has 0 heterocycles. The second kappa shape index (κ2) is 4.65. The molecule has 0 bridgehead atoms. The molecule has 1 rings (SSSR count). The van der Waals surface area contributed by atoms with Crippen molar-refractivity contribution in [1.29, 1.82) is 0 Å². The normalized spacial score (nSPS) is 11.6. The molecule has 0 atom stereocenters. The predicted molar refractivity (Wildman–Crippen MR) is 56.4 cm³/mol. The van der Waals surface area contributed by atoms with E-state index in [0.717, 1.165) is 18.2 Å². The molecule has 94 valence electrons. The van der Waals surface area contributed by atoms with Gasteiger partial charge in [-0.2, -0.15) is 13.2 Å². The van der Waals surface area contributed by atoms with Crippen molar-refractivity contribution in [2.24, 2.45) is 0 Å². The van der Waals surface area contributed by atoms with E-state index in [4.69, 9.17) is 10.5 Å². The van der Waals surface area contributed by atoms with E-state index in [1.165, 1.54) is 0 Å². The number of anilines is 1. The zero-order valence-electron chi connectivity index (χ0n) is 9.34. The predicted octanol–water partition coefficient (Wildman–Crippen LogP) is 2.85. The van der Waals surface area contributed by atoms with Crippen LogP contribution in [0.1, 0.15) is 29.8 Å². The highest BCUT2D eigenvalue weighted by atomic mass is 19.4. The lowest BCUT2D eigenvalue weighted by atomic mass is 10.1. The number of rotatable bonds is 2. The van der Waals surface area contributed by atoms with E-state index in [1.54, 1.807) is 13.8 Å². The van der Waals surface area contributed by atoms with E-state index >= 15 is 0 Å². The third kappa shape index (κ3) is 3.37. The molecule has 0 aliphatic heterocycles. The monoisotopic (exact) mass is 247 g/mol. The first-order valence-electron chi connectivity index (χ1n) is 4.89. The quantitative estimate of drug-likeness (QED) is 0.645. The Kier molecular flexibility index (Phi) is 3.65. The molecule has 0 fully saturated rings. The first kappa shape index (κ1) is 13.3. The van der Waals surface area contributed by atoms with Gasteiger partial charge in [-0.05, 0) is 32.0 Å². The SMILES string of the molecule is CC(C)OC(=O)c1ccc(C(F)(F)F)cc1N. The minimum Gasteiger partial charge on any atom is -0.459 e. The largest absolute Gasteiger partial charge is 0.459 e. The standard InChI is InChI=1S/C11H12F3NO2/c1-6(2)17-10(16)8-4-3-7(5-9(8)15)11(12,13)14/h3-6H,15H2,1-2H3. The van der Waals surface area contributed by atoms with Crippen LogP contribution in [0.15, 0.2) is 18.2 Å². The first-order valence-corrected chi connectivity index (χ1v) is 4.89. The maximum Gasteiger partial charge on any atom is 0.416 e. The third-order valence-corrected chi connectivity index (χ3v) is 1.94. The number of ether oxygens (including phenoxy) is 1. The fourth-order valence-electron chi connectivity index (χ4n) is 1.20. The number of hydrogen-bond donors (Lipinski definition) is 1. The van der Waals surface area contributed by atoms with Crippen molar-refractivity contribution in [2.45, 2.75) is 26.1 Å². The maximum absolute atomic E-state index is 12.3. The fourth-order valence-corrected chi connectivity index (χ4v) is 1.20. The lowest BCUT2D eigenvalue weighted by Gasteiger charge is -2.12. The molecule has 0 spiro atoms. The fraction of sp³-hybridized carbons (Fsp3) is 0.364. The van der Waals surface area contributed by atoms with Crippen molar-refractivity contribution >= 4 is 11.7 Å². The summed E-state index contributed by atoms with van der Waals surface area (Å²) >= 11 is 0. The Hall–Kier alpha value is -1.72. The van der Waals surface area contributed by atoms with Crippen molar-refractivity contribution in [3.8, 4) is 0 Å². The van der Waals surface area contributed by atoms with Crippen molar-refractivity contribution in [1.82, 2.24) is 0 Å². The van der Waals surface area contributed by atoms with Crippen molar-refractivity contribution < 1.29 is 22.7 Å². The Labute approximate surface area is 96.4 Å². The van der Waals surface area contributed by atoms with Gasteiger partial charge in [0, 0.05) is 5.69 Å². The number of halogens is 3. The Bertz CT molecular complexity index is 427. The number of carbonyl (C=O) groups excluding carboxylic acids is 1. The number of hydrogen-bond acceptors (Lipinski definition) is 3. The summed E-state index contributed by atoms with van der Waals surface area (Å²) in [4.78, 5) is 11.5. The van der Waals surface area contributed by atoms with Crippen molar-refractivity contribution in [3.63, 3.8) is 0 Å². The molecule has 1 aromatic carbocycles. The lowest BCUT2D eigenvalue weighted by Crippen LogP contribution is -2.14. The molecule has 0 aliphatic carbocycles. The molecule has 0 unspecified atom stereocenters. The van der Waals surface area contributed by atoms with Gasteiger partial charge >= 0.3 is 12.1 Å². The molecule has 0 saturated heterocycles. The minimum atomic E-state index is -4.48. The van der Waals surface area contributed by atoms with E-state index in [-0.39, 0.29) is 17.4 Å². The molecule has 3 nitrogen and oxygen atoms in total. The van der Waals surface area contributed by atoms with Gasteiger partial charge in [0.1, 0.15) is 0 Å². The third-order valence-electron chi connectivity index (χ3n) is 1.94. The van der Waals surface area contributed by atoms with E-state index in [2.05, 4.69) is 0 Å². The van der Waals surface area contributed by atoms with Crippen LogP contribution >= 0.6 is 0 Å². The van der Waals surface area contributed by atoms with Gasteiger partial charge in [-0.15, -0.1) is 0 Å². The van der Waals surface area contributed by atoms with Gasteiger partial charge in [-0.3, -0.25) is 0 Å². The van der Waals surface area contributed by atoms with Gasteiger partial charge in [0.05, 0.1) is 17.2 Å². The maximum atomic E-state index is 12.3. The summed E-state index contributed by atoms with van der Waals surface area (Å²) < 4.78 is 41.9. The Morgan fingerprint density at radius 2 is 1.94 bits per heavy atom. The van der Waals surface area contributed by atoms with Crippen LogP contribution < -0.4 is 5.73 Å². The Morgan fingerprint density at radius 1 is 1.35 bits per heavy atom.